The number of nitrogens with one attached hydrogen (secondary N) is 2. The molecule has 6 heteroatoms. The van der Waals surface area contributed by atoms with Gasteiger partial charge < -0.3 is 15.2 Å². The van der Waals surface area contributed by atoms with Crippen LogP contribution in [-0.2, 0) is 16.6 Å². The summed E-state index contributed by atoms with van der Waals surface area (Å²) in [4.78, 5) is 32.5. The summed E-state index contributed by atoms with van der Waals surface area (Å²) in [6.07, 6.45) is 4.26. The number of anilines is 1. The monoisotopic (exact) mass is 552 g/mol. The van der Waals surface area contributed by atoms with E-state index in [4.69, 9.17) is 0 Å². The first-order valence-corrected chi connectivity index (χ1v) is 14.4. The zero-order valence-corrected chi connectivity index (χ0v) is 23.9. The van der Waals surface area contributed by atoms with Gasteiger partial charge in [-0.2, -0.15) is 0 Å². The number of allylic oxidation sites excluding steroid dienone is 3. The van der Waals surface area contributed by atoms with E-state index in [1.165, 1.54) is 0 Å². The first-order chi connectivity index (χ1) is 20.4. The van der Waals surface area contributed by atoms with E-state index < -0.39 is 11.8 Å². The van der Waals surface area contributed by atoms with Gasteiger partial charge in [-0.1, -0.05) is 60.7 Å². The summed E-state index contributed by atoms with van der Waals surface area (Å²) >= 11 is 0. The lowest BCUT2D eigenvalue weighted by Gasteiger charge is -2.40. The van der Waals surface area contributed by atoms with E-state index in [2.05, 4.69) is 75.8 Å². The molecule has 0 bridgehead atoms. The zero-order chi connectivity index (χ0) is 29.0. The van der Waals surface area contributed by atoms with Gasteiger partial charge in [0.2, 0.25) is 0 Å². The fourth-order valence-corrected chi connectivity index (χ4v) is 6.82. The van der Waals surface area contributed by atoms with Crippen molar-refractivity contribution in [2.45, 2.75) is 32.1 Å². The van der Waals surface area contributed by atoms with Crippen molar-refractivity contribution in [3.05, 3.63) is 131 Å². The Morgan fingerprint density at radius 1 is 0.881 bits per heavy atom. The van der Waals surface area contributed by atoms with Crippen LogP contribution in [0.25, 0.3) is 21.8 Å². The molecule has 7 rings (SSSR count). The summed E-state index contributed by atoms with van der Waals surface area (Å²) in [5.41, 5.74) is 7.49. The number of para-hydroxylation sites is 1. The Hall–Kier alpha value is -4.97. The zero-order valence-electron chi connectivity index (χ0n) is 23.9. The second-order valence-electron chi connectivity index (χ2n) is 11.5. The van der Waals surface area contributed by atoms with E-state index in [-0.39, 0.29) is 17.6 Å². The Morgan fingerprint density at radius 2 is 1.64 bits per heavy atom. The predicted octanol–water partition coefficient (Wildman–Crippen LogP) is 6.89. The number of nitrogens with zero attached hydrogens (tertiary/aromatic N) is 2. The summed E-state index contributed by atoms with van der Waals surface area (Å²) in [6.45, 7) is 3.89. The van der Waals surface area contributed by atoms with Crippen LogP contribution in [0, 0.1) is 12.8 Å². The molecule has 3 atom stereocenters. The quantitative estimate of drug-likeness (QED) is 0.255. The first-order valence-electron chi connectivity index (χ1n) is 14.4. The Balaban J connectivity index is 1.39. The molecule has 0 fully saturated rings. The lowest BCUT2D eigenvalue weighted by molar-refractivity contribution is -0.123. The van der Waals surface area contributed by atoms with Crippen LogP contribution in [0.2, 0.25) is 0 Å². The third kappa shape index (κ3) is 4.31. The maximum atomic E-state index is 14.1. The Kier molecular flexibility index (Phi) is 6.27. The van der Waals surface area contributed by atoms with Crippen molar-refractivity contribution in [2.24, 2.45) is 13.0 Å². The van der Waals surface area contributed by atoms with E-state index in [9.17, 15) is 9.59 Å². The molecule has 3 unspecified atom stereocenters. The molecule has 0 radical (unpaired) electrons. The number of benzene rings is 3. The van der Waals surface area contributed by atoms with Crippen molar-refractivity contribution in [1.82, 2.24) is 14.9 Å². The molecular weight excluding hydrogens is 520 g/mol. The third-order valence-electron chi connectivity index (χ3n) is 8.79. The largest absolute Gasteiger partial charge is 0.362 e. The lowest BCUT2D eigenvalue weighted by atomic mass is 9.68. The summed E-state index contributed by atoms with van der Waals surface area (Å²) < 4.78 is 2.19. The van der Waals surface area contributed by atoms with Gasteiger partial charge in [-0.25, -0.2) is 4.98 Å². The topological polar surface area (TPSA) is 76.0 Å². The fourth-order valence-electron chi connectivity index (χ4n) is 6.82. The predicted molar refractivity (Wildman–Crippen MR) is 167 cm³/mol. The van der Waals surface area contributed by atoms with E-state index in [1.807, 2.05) is 56.3 Å². The highest BCUT2D eigenvalue weighted by molar-refractivity contribution is 6.09. The maximum Gasteiger partial charge on any atom is 0.255 e. The van der Waals surface area contributed by atoms with Crippen molar-refractivity contribution in [3.8, 4) is 0 Å². The average Bonchev–Trinajstić information content (AvgIpc) is 3.28. The molecule has 6 nitrogen and oxygen atoms in total. The van der Waals surface area contributed by atoms with Crippen molar-refractivity contribution in [3.63, 3.8) is 0 Å². The Labute approximate surface area is 244 Å². The van der Waals surface area contributed by atoms with Crippen LogP contribution in [0.3, 0.4) is 0 Å². The number of pyridine rings is 1. The number of fused-ring (bicyclic) bond motifs is 4. The third-order valence-corrected chi connectivity index (χ3v) is 8.79. The van der Waals surface area contributed by atoms with Crippen molar-refractivity contribution in [1.29, 1.82) is 0 Å². The second-order valence-corrected chi connectivity index (χ2v) is 11.5. The van der Waals surface area contributed by atoms with Crippen molar-refractivity contribution < 1.29 is 9.59 Å². The SMILES string of the molecule is CC1=C(C(=O)Nc2cc(C)ccn2)C(c2ccc3c(c2)c2ccccc2n3C)C2C(=O)CC(c3ccccc3)C=C2N1. The van der Waals surface area contributed by atoms with Crippen LogP contribution in [0.1, 0.15) is 41.9 Å². The molecule has 1 amide bonds. The molecule has 0 saturated carbocycles. The molecule has 2 aliphatic rings. The summed E-state index contributed by atoms with van der Waals surface area (Å²) in [6, 6.07) is 28.6. The first kappa shape index (κ1) is 26.0. The van der Waals surface area contributed by atoms with Crippen molar-refractivity contribution in [2.75, 3.05) is 5.32 Å². The van der Waals surface area contributed by atoms with Crippen LogP contribution in [-0.4, -0.2) is 21.2 Å². The molecule has 42 heavy (non-hydrogen) atoms. The minimum absolute atomic E-state index is 0.0154. The second kappa shape index (κ2) is 10.1. The molecule has 1 aliphatic carbocycles. The van der Waals surface area contributed by atoms with Crippen LogP contribution in [0.15, 0.2) is 114 Å². The van der Waals surface area contributed by atoms with Crippen LogP contribution in [0.5, 0.6) is 0 Å². The molecule has 0 saturated heterocycles. The maximum absolute atomic E-state index is 14.1. The van der Waals surface area contributed by atoms with Crippen molar-refractivity contribution >= 4 is 39.3 Å². The van der Waals surface area contributed by atoms with Gasteiger partial charge in [-0.15, -0.1) is 0 Å². The van der Waals surface area contributed by atoms with Crippen LogP contribution >= 0.6 is 0 Å². The number of ketones is 1. The van der Waals surface area contributed by atoms with E-state index >= 15 is 0 Å². The molecule has 2 aromatic heterocycles. The van der Waals surface area contributed by atoms with Crippen LogP contribution < -0.4 is 10.6 Å². The van der Waals surface area contributed by atoms with Gasteiger partial charge in [-0.3, -0.25) is 9.59 Å². The molecular formula is C36H32N4O2. The highest BCUT2D eigenvalue weighted by Gasteiger charge is 2.44. The smallest absolute Gasteiger partial charge is 0.255 e. The minimum atomic E-state index is -0.493. The summed E-state index contributed by atoms with van der Waals surface area (Å²) in [5.74, 6) is -0.592. The van der Waals surface area contributed by atoms with Gasteiger partial charge in [0, 0.05) is 70.3 Å². The number of Topliss-reactive ketones (excluding diaryl/α,β-unsaturated/α-hetero) is 1. The van der Waals surface area contributed by atoms with Gasteiger partial charge in [0.05, 0.1) is 5.92 Å². The Bertz CT molecular complexity index is 1950. The molecule has 5 aromatic rings. The highest BCUT2D eigenvalue weighted by atomic mass is 16.2. The standard InChI is InChI=1S/C36H32N4O2/c1-21-15-16-37-32(17-21)39-36(42)33-22(2)38-28-19-25(23-9-5-4-6-10-23)20-31(41)35(28)34(33)24-13-14-30-27(18-24)26-11-7-8-12-29(26)40(30)3/h4-19,25,34-35,38H,20H2,1-3H3,(H,37,39,42). The lowest BCUT2D eigenvalue weighted by Crippen LogP contribution is -2.42. The molecule has 2 N–H and O–H groups in total. The summed E-state index contributed by atoms with van der Waals surface area (Å²) in [5, 5.41) is 8.76. The van der Waals surface area contributed by atoms with E-state index in [1.54, 1.807) is 6.20 Å². The number of amides is 1. The molecule has 0 spiro atoms. The fraction of sp³-hybridized carbons (Fsp3) is 0.194. The van der Waals surface area contributed by atoms with Gasteiger partial charge in [0.1, 0.15) is 11.6 Å². The van der Waals surface area contributed by atoms with Crippen LogP contribution in [0.4, 0.5) is 5.82 Å². The van der Waals surface area contributed by atoms with Gasteiger partial charge in [0.15, 0.2) is 0 Å². The molecule has 1 aliphatic heterocycles. The highest BCUT2D eigenvalue weighted by Crippen LogP contribution is 2.47. The normalized spacial score (nSPS) is 20.3. The average molecular weight is 553 g/mol. The minimum Gasteiger partial charge on any atom is -0.362 e. The number of hydrogen-bond donors (Lipinski definition) is 2. The number of carbonyl (C=O) groups is 2. The molecule has 3 heterocycles. The van der Waals surface area contributed by atoms with Gasteiger partial charge in [0.25, 0.3) is 5.91 Å². The number of rotatable bonds is 4. The number of aryl methyl sites for hydroxylation is 2. The summed E-state index contributed by atoms with van der Waals surface area (Å²) in [7, 11) is 2.07. The Morgan fingerprint density at radius 3 is 2.45 bits per heavy atom. The van der Waals surface area contributed by atoms with Gasteiger partial charge >= 0.3 is 0 Å². The van der Waals surface area contributed by atoms with E-state index in [0.29, 0.717) is 17.8 Å². The van der Waals surface area contributed by atoms with E-state index in [0.717, 1.165) is 49.9 Å². The number of hydrogen-bond acceptors (Lipinski definition) is 4. The molecule has 3 aromatic carbocycles. The van der Waals surface area contributed by atoms with Gasteiger partial charge in [-0.05, 0) is 60.9 Å². The number of aromatic nitrogens is 2. The molecule has 208 valence electrons. The number of carbonyl (C=O) groups excluding carboxylic acids is 2.